The van der Waals surface area contributed by atoms with Crippen molar-refractivity contribution in [3.8, 4) is 5.75 Å². The summed E-state index contributed by atoms with van der Waals surface area (Å²) in [6.07, 6.45) is -1.65. The molecular formula is C22H20F3N3O3. The molecular weight excluding hydrogens is 411 g/mol. The Morgan fingerprint density at radius 3 is 2.61 bits per heavy atom. The minimum atomic E-state index is -4.77. The van der Waals surface area contributed by atoms with Gasteiger partial charge in [-0.25, -0.2) is 0 Å². The second-order valence-corrected chi connectivity index (χ2v) is 7.43. The van der Waals surface area contributed by atoms with Crippen LogP contribution >= 0.6 is 0 Å². The first-order valence-electron chi connectivity index (χ1n) is 9.81. The van der Waals surface area contributed by atoms with Crippen molar-refractivity contribution >= 4 is 28.4 Å². The molecule has 9 heteroatoms. The first kappa shape index (κ1) is 20.8. The molecule has 4 rings (SSSR count). The predicted molar refractivity (Wildman–Crippen MR) is 109 cm³/mol. The molecule has 1 fully saturated rings. The second-order valence-electron chi connectivity index (χ2n) is 7.43. The van der Waals surface area contributed by atoms with Crippen LogP contribution in [0.2, 0.25) is 0 Å². The van der Waals surface area contributed by atoms with Gasteiger partial charge in [0.05, 0.1) is 5.92 Å². The van der Waals surface area contributed by atoms with Gasteiger partial charge in [-0.2, -0.15) is 0 Å². The molecule has 1 aliphatic heterocycles. The molecule has 1 aliphatic rings. The number of H-pyrrole nitrogens is 1. The number of hydrogen-bond acceptors (Lipinski definition) is 3. The number of anilines is 1. The van der Waals surface area contributed by atoms with Gasteiger partial charge in [0.15, 0.2) is 0 Å². The van der Waals surface area contributed by atoms with Crippen LogP contribution in [0.3, 0.4) is 0 Å². The van der Waals surface area contributed by atoms with Crippen LogP contribution in [-0.4, -0.2) is 41.2 Å². The van der Waals surface area contributed by atoms with Crippen LogP contribution in [0.4, 0.5) is 18.9 Å². The average molecular weight is 431 g/mol. The third kappa shape index (κ3) is 4.99. The van der Waals surface area contributed by atoms with Crippen molar-refractivity contribution in [2.75, 3.05) is 18.4 Å². The Kier molecular flexibility index (Phi) is 5.58. The number of aromatic nitrogens is 1. The van der Waals surface area contributed by atoms with Crippen LogP contribution in [0.1, 0.15) is 23.2 Å². The summed E-state index contributed by atoms with van der Waals surface area (Å²) in [4.78, 5) is 30.3. The molecule has 1 unspecified atom stereocenters. The first-order valence-corrected chi connectivity index (χ1v) is 9.81. The van der Waals surface area contributed by atoms with Gasteiger partial charge >= 0.3 is 6.36 Å². The molecule has 31 heavy (non-hydrogen) atoms. The van der Waals surface area contributed by atoms with Gasteiger partial charge in [0.1, 0.15) is 5.75 Å². The molecule has 0 radical (unpaired) electrons. The molecule has 0 spiro atoms. The zero-order chi connectivity index (χ0) is 22.0. The van der Waals surface area contributed by atoms with E-state index in [4.69, 9.17) is 0 Å². The van der Waals surface area contributed by atoms with Crippen LogP contribution in [0.5, 0.6) is 5.75 Å². The topological polar surface area (TPSA) is 74.4 Å². The van der Waals surface area contributed by atoms with E-state index in [9.17, 15) is 22.8 Å². The normalized spacial score (nSPS) is 16.9. The lowest BCUT2D eigenvalue weighted by Crippen LogP contribution is -2.43. The average Bonchev–Trinajstić information content (AvgIpc) is 3.21. The molecule has 2 N–H and O–H groups in total. The summed E-state index contributed by atoms with van der Waals surface area (Å²) in [6.45, 7) is 0.845. The van der Waals surface area contributed by atoms with E-state index >= 15 is 0 Å². The van der Waals surface area contributed by atoms with Crippen LogP contribution < -0.4 is 10.1 Å². The molecule has 0 bridgehead atoms. The Bertz CT molecular complexity index is 1090. The number of benzene rings is 2. The molecule has 2 heterocycles. The van der Waals surface area contributed by atoms with E-state index in [1.165, 1.54) is 12.1 Å². The summed E-state index contributed by atoms with van der Waals surface area (Å²) >= 11 is 0. The SMILES string of the molecule is O=C(Nc1ccc(OC(F)(F)F)cc1)C1CCCN(C(=O)c2ccc3cc[nH]c3c2)C1. The van der Waals surface area contributed by atoms with E-state index in [0.717, 1.165) is 23.0 Å². The number of halogens is 3. The quantitative estimate of drug-likeness (QED) is 0.636. The van der Waals surface area contributed by atoms with Crippen molar-refractivity contribution in [1.29, 1.82) is 0 Å². The number of carbonyl (C=O) groups excluding carboxylic acids is 2. The zero-order valence-corrected chi connectivity index (χ0v) is 16.4. The number of carbonyl (C=O) groups is 2. The maximum absolute atomic E-state index is 12.9. The van der Waals surface area contributed by atoms with Gasteiger partial charge in [-0.05, 0) is 60.7 Å². The molecule has 2 amide bonds. The number of ether oxygens (including phenoxy) is 1. The van der Waals surface area contributed by atoms with Crippen LogP contribution in [0.25, 0.3) is 10.9 Å². The molecule has 1 atom stereocenters. The smallest absolute Gasteiger partial charge is 0.406 e. The fraction of sp³-hybridized carbons (Fsp3) is 0.273. The summed E-state index contributed by atoms with van der Waals surface area (Å²) in [5.74, 6) is -1.18. The van der Waals surface area contributed by atoms with E-state index in [0.29, 0.717) is 30.6 Å². The molecule has 6 nitrogen and oxygen atoms in total. The van der Waals surface area contributed by atoms with Gasteiger partial charge in [0, 0.05) is 36.1 Å². The zero-order valence-electron chi connectivity index (χ0n) is 16.4. The number of fused-ring (bicyclic) bond motifs is 1. The van der Waals surface area contributed by atoms with Crippen LogP contribution in [0, 0.1) is 5.92 Å². The van der Waals surface area contributed by atoms with Crippen LogP contribution in [0.15, 0.2) is 54.7 Å². The van der Waals surface area contributed by atoms with Gasteiger partial charge in [-0.3, -0.25) is 9.59 Å². The minimum absolute atomic E-state index is 0.136. The largest absolute Gasteiger partial charge is 0.573 e. The van der Waals surface area contributed by atoms with E-state index in [1.54, 1.807) is 17.0 Å². The fourth-order valence-corrected chi connectivity index (χ4v) is 3.72. The Balaban J connectivity index is 1.38. The summed E-state index contributed by atoms with van der Waals surface area (Å²) in [7, 11) is 0. The van der Waals surface area contributed by atoms with Crippen molar-refractivity contribution in [3.63, 3.8) is 0 Å². The summed E-state index contributed by atoms with van der Waals surface area (Å²) in [6, 6.07) is 12.3. The number of alkyl halides is 3. The standard InChI is InChI=1S/C22H20F3N3O3/c23-22(24,25)31-18-7-5-17(6-8-18)27-20(29)16-2-1-11-28(13-16)21(30)15-4-3-14-9-10-26-19(14)12-15/h3-10,12,16,26H,1-2,11,13H2,(H,27,29). The highest BCUT2D eigenvalue weighted by Crippen LogP contribution is 2.25. The van der Waals surface area contributed by atoms with Gasteiger partial charge < -0.3 is 19.9 Å². The van der Waals surface area contributed by atoms with Crippen molar-refractivity contribution in [2.45, 2.75) is 19.2 Å². The van der Waals surface area contributed by atoms with Crippen LogP contribution in [-0.2, 0) is 4.79 Å². The Morgan fingerprint density at radius 1 is 1.10 bits per heavy atom. The molecule has 1 aromatic heterocycles. The monoisotopic (exact) mass is 431 g/mol. The van der Waals surface area contributed by atoms with E-state index in [-0.39, 0.29) is 24.1 Å². The van der Waals surface area contributed by atoms with E-state index in [2.05, 4.69) is 15.0 Å². The summed E-state index contributed by atoms with van der Waals surface area (Å²) in [5, 5.41) is 3.72. The molecule has 3 aromatic rings. The molecule has 2 aromatic carbocycles. The minimum Gasteiger partial charge on any atom is -0.406 e. The Labute approximate surface area is 176 Å². The Morgan fingerprint density at radius 2 is 1.87 bits per heavy atom. The number of hydrogen-bond donors (Lipinski definition) is 2. The van der Waals surface area contributed by atoms with Crippen molar-refractivity contribution in [1.82, 2.24) is 9.88 Å². The molecule has 162 valence electrons. The molecule has 1 saturated heterocycles. The number of nitrogens with zero attached hydrogens (tertiary/aromatic N) is 1. The Hall–Kier alpha value is -3.49. The summed E-state index contributed by atoms with van der Waals surface area (Å²) < 4.78 is 40.6. The summed E-state index contributed by atoms with van der Waals surface area (Å²) in [5.41, 5.74) is 1.78. The van der Waals surface area contributed by atoms with Crippen molar-refractivity contribution in [2.24, 2.45) is 5.92 Å². The van der Waals surface area contributed by atoms with Gasteiger partial charge in [0.2, 0.25) is 5.91 Å². The third-order valence-electron chi connectivity index (χ3n) is 5.24. The highest BCUT2D eigenvalue weighted by Gasteiger charge is 2.31. The number of nitrogens with one attached hydrogen (secondary N) is 2. The van der Waals surface area contributed by atoms with Gasteiger partial charge in [-0.15, -0.1) is 13.2 Å². The maximum atomic E-state index is 12.9. The highest BCUT2D eigenvalue weighted by atomic mass is 19.4. The number of likely N-dealkylation sites (tertiary alicyclic amines) is 1. The lowest BCUT2D eigenvalue weighted by atomic mass is 9.96. The number of piperidine rings is 1. The first-order chi connectivity index (χ1) is 14.8. The fourth-order valence-electron chi connectivity index (χ4n) is 3.72. The van der Waals surface area contributed by atoms with Gasteiger partial charge in [0.25, 0.3) is 5.91 Å². The number of aromatic amines is 1. The van der Waals surface area contributed by atoms with Crippen molar-refractivity contribution in [3.05, 3.63) is 60.3 Å². The van der Waals surface area contributed by atoms with E-state index in [1.807, 2.05) is 18.3 Å². The predicted octanol–water partition coefficient (Wildman–Crippen LogP) is 4.56. The van der Waals surface area contributed by atoms with Gasteiger partial charge in [-0.1, -0.05) is 6.07 Å². The highest BCUT2D eigenvalue weighted by molar-refractivity contribution is 5.99. The number of rotatable bonds is 4. The van der Waals surface area contributed by atoms with E-state index < -0.39 is 12.3 Å². The number of amides is 2. The molecule has 0 saturated carbocycles. The molecule has 0 aliphatic carbocycles. The maximum Gasteiger partial charge on any atom is 0.573 e. The second kappa shape index (κ2) is 8.33. The van der Waals surface area contributed by atoms with Crippen molar-refractivity contribution < 1.29 is 27.5 Å². The third-order valence-corrected chi connectivity index (χ3v) is 5.24. The lowest BCUT2D eigenvalue weighted by Gasteiger charge is -2.32. The lowest BCUT2D eigenvalue weighted by molar-refractivity contribution is -0.274.